The van der Waals surface area contributed by atoms with Gasteiger partial charge in [-0.3, -0.25) is 4.79 Å². The molecule has 0 saturated carbocycles. The third-order valence-corrected chi connectivity index (χ3v) is 6.28. The largest absolute Gasteiger partial charge is 0.471 e. The summed E-state index contributed by atoms with van der Waals surface area (Å²) >= 11 is 1.76. The molecule has 2 saturated heterocycles. The third-order valence-electron chi connectivity index (χ3n) is 5.00. The highest BCUT2D eigenvalue weighted by Crippen LogP contribution is 2.30. The van der Waals surface area contributed by atoms with Gasteiger partial charge in [-0.05, 0) is 18.4 Å². The molecule has 156 valence electrons. The topological polar surface area (TPSA) is 68.5 Å². The number of alkyl halides is 3. The van der Waals surface area contributed by atoms with E-state index in [1.165, 1.54) is 0 Å². The molecule has 0 spiro atoms. The first-order valence-electron chi connectivity index (χ1n) is 9.38. The van der Waals surface area contributed by atoms with Crippen LogP contribution < -0.4 is 0 Å². The zero-order chi connectivity index (χ0) is 20.4. The maximum atomic E-state index is 12.8. The second-order valence-corrected chi connectivity index (χ2v) is 8.28. The fourth-order valence-electron chi connectivity index (χ4n) is 3.34. The smallest absolute Gasteiger partial charge is 0.376 e. The van der Waals surface area contributed by atoms with Crippen molar-refractivity contribution in [2.24, 2.45) is 5.92 Å². The second-order valence-electron chi connectivity index (χ2n) is 7.21. The van der Waals surface area contributed by atoms with Crippen molar-refractivity contribution in [3.8, 4) is 11.4 Å². The summed E-state index contributed by atoms with van der Waals surface area (Å²) in [6, 6.07) is 6.80. The first-order chi connectivity index (χ1) is 13.9. The molecule has 1 amide bonds. The van der Waals surface area contributed by atoms with Crippen LogP contribution in [0.1, 0.15) is 24.3 Å². The summed E-state index contributed by atoms with van der Waals surface area (Å²) in [5.41, 5.74) is 1.30. The van der Waals surface area contributed by atoms with Crippen molar-refractivity contribution < 1.29 is 27.2 Å². The number of carbonyl (C=O) groups excluding carboxylic acids is 1. The van der Waals surface area contributed by atoms with E-state index in [0.29, 0.717) is 18.7 Å². The minimum atomic E-state index is -4.67. The number of nitrogens with zero attached hydrogens (tertiary/aromatic N) is 3. The minimum Gasteiger partial charge on any atom is -0.376 e. The van der Waals surface area contributed by atoms with Crippen LogP contribution in [0.25, 0.3) is 11.4 Å². The Hall–Kier alpha value is -2.07. The van der Waals surface area contributed by atoms with E-state index in [-0.39, 0.29) is 23.8 Å². The van der Waals surface area contributed by atoms with Crippen LogP contribution in [0.4, 0.5) is 13.2 Å². The van der Waals surface area contributed by atoms with Gasteiger partial charge in [-0.15, -0.1) is 0 Å². The Balaban J connectivity index is 1.46. The van der Waals surface area contributed by atoms with E-state index in [9.17, 15) is 18.0 Å². The molecule has 4 rings (SSSR count). The second kappa shape index (κ2) is 8.35. The zero-order valence-electron chi connectivity index (χ0n) is 15.5. The Morgan fingerprint density at radius 2 is 2.00 bits per heavy atom. The SMILES string of the molecule is O=C(C1CSC1)N(Cc1ccc(-c2noc(C(F)(F)F)n2)cc1)CC1CCCO1. The first kappa shape index (κ1) is 20.2. The molecular formula is C19H20F3N3O3S. The van der Waals surface area contributed by atoms with Gasteiger partial charge in [-0.25, -0.2) is 0 Å². The molecule has 1 atom stereocenters. The fraction of sp³-hybridized carbons (Fsp3) is 0.526. The lowest BCUT2D eigenvalue weighted by Gasteiger charge is -2.32. The number of hydrogen-bond acceptors (Lipinski definition) is 6. The van der Waals surface area contributed by atoms with E-state index in [1.807, 2.05) is 4.90 Å². The van der Waals surface area contributed by atoms with Crippen LogP contribution in [0.5, 0.6) is 0 Å². The number of amides is 1. The van der Waals surface area contributed by atoms with E-state index in [4.69, 9.17) is 4.74 Å². The Kier molecular flexibility index (Phi) is 5.82. The van der Waals surface area contributed by atoms with Crippen LogP contribution in [-0.4, -0.2) is 51.7 Å². The molecule has 2 aliphatic heterocycles. The van der Waals surface area contributed by atoms with E-state index < -0.39 is 12.1 Å². The molecule has 1 aromatic heterocycles. The van der Waals surface area contributed by atoms with Crippen LogP contribution in [0.15, 0.2) is 28.8 Å². The van der Waals surface area contributed by atoms with Crippen molar-refractivity contribution in [1.82, 2.24) is 15.0 Å². The molecule has 1 unspecified atom stereocenters. The van der Waals surface area contributed by atoms with Crippen molar-refractivity contribution in [2.75, 3.05) is 24.7 Å². The molecule has 1 aromatic carbocycles. The molecule has 0 N–H and O–H groups in total. The third kappa shape index (κ3) is 4.75. The van der Waals surface area contributed by atoms with Crippen molar-refractivity contribution in [3.63, 3.8) is 0 Å². The van der Waals surface area contributed by atoms with Crippen LogP contribution in [-0.2, 0) is 22.3 Å². The van der Waals surface area contributed by atoms with Gasteiger partial charge in [0.2, 0.25) is 11.7 Å². The maximum Gasteiger partial charge on any atom is 0.471 e. The first-order valence-corrected chi connectivity index (χ1v) is 10.5. The average molecular weight is 427 g/mol. The van der Waals surface area contributed by atoms with Gasteiger partial charge in [-0.1, -0.05) is 29.4 Å². The number of halogens is 3. The molecule has 0 aliphatic carbocycles. The van der Waals surface area contributed by atoms with Crippen LogP contribution in [0.3, 0.4) is 0 Å². The number of hydrogen-bond donors (Lipinski definition) is 0. The normalized spacial score (nSPS) is 19.9. The predicted octanol–water partition coefficient (Wildman–Crippen LogP) is 3.63. The quantitative estimate of drug-likeness (QED) is 0.701. The van der Waals surface area contributed by atoms with Gasteiger partial charge in [0, 0.05) is 36.8 Å². The van der Waals surface area contributed by atoms with Crippen LogP contribution in [0.2, 0.25) is 0 Å². The summed E-state index contributed by atoms with van der Waals surface area (Å²) in [7, 11) is 0. The van der Waals surface area contributed by atoms with Crippen molar-refractivity contribution in [1.29, 1.82) is 0 Å². The van der Waals surface area contributed by atoms with E-state index >= 15 is 0 Å². The lowest BCUT2D eigenvalue weighted by atomic mass is 10.1. The van der Waals surface area contributed by atoms with Crippen molar-refractivity contribution >= 4 is 17.7 Å². The van der Waals surface area contributed by atoms with Gasteiger partial charge in [-0.2, -0.15) is 29.9 Å². The van der Waals surface area contributed by atoms with Gasteiger partial charge in [0.1, 0.15) is 0 Å². The summed E-state index contributed by atoms with van der Waals surface area (Å²) in [4.78, 5) is 18.1. The Morgan fingerprint density at radius 3 is 2.55 bits per heavy atom. The Morgan fingerprint density at radius 1 is 1.24 bits per heavy atom. The molecule has 0 radical (unpaired) electrons. The Labute approximate surface area is 169 Å². The monoisotopic (exact) mass is 427 g/mol. The lowest BCUT2D eigenvalue weighted by Crippen LogP contribution is -2.44. The molecule has 6 nitrogen and oxygen atoms in total. The standard InChI is InChI=1S/C19H20F3N3O3S/c20-19(21,22)18-23-16(24-28-18)13-5-3-12(4-6-13)8-25(9-15-2-1-7-27-15)17(26)14-10-29-11-14/h3-6,14-15H,1-2,7-11H2. The molecule has 10 heteroatoms. The van der Waals surface area contributed by atoms with Gasteiger partial charge in [0.05, 0.1) is 12.0 Å². The number of rotatable bonds is 6. The highest BCUT2D eigenvalue weighted by molar-refractivity contribution is 8.00. The van der Waals surface area contributed by atoms with E-state index in [1.54, 1.807) is 36.0 Å². The molecule has 0 bridgehead atoms. The predicted molar refractivity (Wildman–Crippen MR) is 99.9 cm³/mol. The summed E-state index contributed by atoms with van der Waals surface area (Å²) in [5.74, 6) is 0.390. The maximum absolute atomic E-state index is 12.8. The number of aromatic nitrogens is 2. The van der Waals surface area contributed by atoms with Crippen molar-refractivity contribution in [3.05, 3.63) is 35.7 Å². The molecule has 3 heterocycles. The molecule has 29 heavy (non-hydrogen) atoms. The van der Waals surface area contributed by atoms with Crippen LogP contribution >= 0.6 is 11.8 Å². The van der Waals surface area contributed by atoms with E-state index in [0.717, 1.165) is 36.5 Å². The van der Waals surface area contributed by atoms with Crippen LogP contribution in [0, 0.1) is 5.92 Å². The highest BCUT2D eigenvalue weighted by Gasteiger charge is 2.38. The summed E-state index contributed by atoms with van der Waals surface area (Å²) in [6.07, 6.45) is -2.66. The molecule has 2 aliphatic rings. The number of ether oxygens (including phenoxy) is 1. The number of benzene rings is 1. The van der Waals surface area contributed by atoms with Gasteiger partial charge in [0.15, 0.2) is 0 Å². The summed E-state index contributed by atoms with van der Waals surface area (Å²) in [5, 5.41) is 3.39. The highest BCUT2D eigenvalue weighted by atomic mass is 32.2. The van der Waals surface area contributed by atoms with Gasteiger partial charge in [0.25, 0.3) is 0 Å². The molecular weight excluding hydrogens is 407 g/mol. The summed E-state index contributed by atoms with van der Waals surface area (Å²) in [6.45, 7) is 1.72. The van der Waals surface area contributed by atoms with Gasteiger partial charge < -0.3 is 14.2 Å². The van der Waals surface area contributed by atoms with Gasteiger partial charge >= 0.3 is 12.1 Å². The average Bonchev–Trinajstić information content (AvgIpc) is 3.32. The fourth-order valence-corrected chi connectivity index (χ4v) is 4.10. The number of thioether (sulfide) groups is 1. The minimum absolute atomic E-state index is 0.0563. The summed E-state index contributed by atoms with van der Waals surface area (Å²) < 4.78 is 47.8. The molecule has 2 fully saturated rings. The number of carbonyl (C=O) groups is 1. The van der Waals surface area contributed by atoms with E-state index in [2.05, 4.69) is 14.7 Å². The lowest BCUT2D eigenvalue weighted by molar-refractivity contribution is -0.159. The van der Waals surface area contributed by atoms with Crippen molar-refractivity contribution in [2.45, 2.75) is 31.7 Å². The molecule has 2 aromatic rings. The Bertz CT molecular complexity index is 846. The zero-order valence-corrected chi connectivity index (χ0v) is 16.3.